The zero-order valence-corrected chi connectivity index (χ0v) is 12.4. The number of fused-ring (bicyclic) bond motifs is 1. The first kappa shape index (κ1) is 14.0. The third kappa shape index (κ3) is 3.06. The first-order valence-corrected chi connectivity index (χ1v) is 7.06. The van der Waals surface area contributed by atoms with Gasteiger partial charge in [-0.25, -0.2) is 0 Å². The van der Waals surface area contributed by atoms with Crippen LogP contribution in [-0.4, -0.2) is 13.9 Å². The molecule has 0 bridgehead atoms. The van der Waals surface area contributed by atoms with E-state index in [4.69, 9.17) is 25.8 Å². The number of hydrogen-bond donors (Lipinski definition) is 1. The lowest BCUT2D eigenvalue weighted by Crippen LogP contribution is -2.13. The van der Waals surface area contributed by atoms with Gasteiger partial charge in [0.1, 0.15) is 5.75 Å². The van der Waals surface area contributed by atoms with Gasteiger partial charge in [0.2, 0.25) is 6.79 Å². The molecule has 0 aromatic heterocycles. The highest BCUT2D eigenvalue weighted by Gasteiger charge is 2.16. The smallest absolute Gasteiger partial charge is 0.231 e. The molecule has 0 aliphatic carbocycles. The van der Waals surface area contributed by atoms with E-state index in [-0.39, 0.29) is 6.79 Å². The quantitative estimate of drug-likeness (QED) is 0.919. The zero-order chi connectivity index (χ0) is 14.7. The first-order chi connectivity index (χ1) is 10.3. The van der Waals surface area contributed by atoms with Crippen molar-refractivity contribution in [3.63, 3.8) is 0 Å². The molecular weight excluding hydrogens is 290 g/mol. The van der Waals surface area contributed by atoms with Gasteiger partial charge in [0, 0.05) is 29.2 Å². The Morgan fingerprint density at radius 1 is 1.14 bits per heavy atom. The fourth-order valence-corrected chi connectivity index (χ4v) is 2.54. The van der Waals surface area contributed by atoms with E-state index >= 15 is 0 Å². The molecule has 5 heteroatoms. The number of benzene rings is 2. The van der Waals surface area contributed by atoms with Gasteiger partial charge in [-0.1, -0.05) is 23.7 Å². The Morgan fingerprint density at radius 2 is 2.00 bits per heavy atom. The lowest BCUT2D eigenvalue weighted by molar-refractivity contribution is 0.173. The topological polar surface area (TPSA) is 39.7 Å². The van der Waals surface area contributed by atoms with Gasteiger partial charge < -0.3 is 19.5 Å². The van der Waals surface area contributed by atoms with Crippen molar-refractivity contribution in [1.82, 2.24) is 5.32 Å². The Hall–Kier alpha value is -1.91. The summed E-state index contributed by atoms with van der Waals surface area (Å²) in [5.41, 5.74) is 2.10. The molecular formula is C16H16ClNO3. The van der Waals surface area contributed by atoms with Crippen molar-refractivity contribution in [2.24, 2.45) is 0 Å². The van der Waals surface area contributed by atoms with Crippen LogP contribution < -0.4 is 19.5 Å². The molecule has 0 saturated carbocycles. The molecule has 0 atom stereocenters. The van der Waals surface area contributed by atoms with Gasteiger partial charge in [0.25, 0.3) is 0 Å². The highest BCUT2D eigenvalue weighted by molar-refractivity contribution is 6.30. The number of rotatable bonds is 5. The number of hydrogen-bond acceptors (Lipinski definition) is 4. The van der Waals surface area contributed by atoms with Gasteiger partial charge in [-0.2, -0.15) is 0 Å². The van der Waals surface area contributed by atoms with Crippen LogP contribution in [0.15, 0.2) is 36.4 Å². The normalized spacial score (nSPS) is 12.5. The SMILES string of the molecule is COc1ccc(Cl)cc1CNCc1cccc2c1OCO2. The summed E-state index contributed by atoms with van der Waals surface area (Å²) in [6.07, 6.45) is 0. The molecule has 2 aromatic rings. The number of para-hydroxylation sites is 1. The van der Waals surface area contributed by atoms with Crippen LogP contribution in [-0.2, 0) is 13.1 Å². The molecule has 1 N–H and O–H groups in total. The fourth-order valence-electron chi connectivity index (χ4n) is 2.35. The standard InChI is InChI=1S/C16H16ClNO3/c1-19-14-6-5-13(17)7-12(14)9-18-8-11-3-2-4-15-16(11)21-10-20-15/h2-7,18H,8-10H2,1H3. The lowest BCUT2D eigenvalue weighted by atomic mass is 10.1. The van der Waals surface area contributed by atoms with E-state index in [0.717, 1.165) is 28.4 Å². The largest absolute Gasteiger partial charge is 0.496 e. The number of halogens is 1. The Balaban J connectivity index is 1.67. The summed E-state index contributed by atoms with van der Waals surface area (Å²) in [7, 11) is 1.65. The zero-order valence-electron chi connectivity index (χ0n) is 11.7. The van der Waals surface area contributed by atoms with Crippen molar-refractivity contribution in [1.29, 1.82) is 0 Å². The van der Waals surface area contributed by atoms with Crippen molar-refractivity contribution < 1.29 is 14.2 Å². The first-order valence-electron chi connectivity index (χ1n) is 6.68. The molecule has 2 aromatic carbocycles. The third-order valence-corrected chi connectivity index (χ3v) is 3.59. The van der Waals surface area contributed by atoms with Gasteiger partial charge in [0.05, 0.1) is 7.11 Å². The highest BCUT2D eigenvalue weighted by Crippen LogP contribution is 2.35. The van der Waals surface area contributed by atoms with E-state index in [1.807, 2.05) is 36.4 Å². The third-order valence-electron chi connectivity index (χ3n) is 3.35. The van der Waals surface area contributed by atoms with Gasteiger partial charge in [-0.3, -0.25) is 0 Å². The predicted molar refractivity (Wildman–Crippen MR) is 81.1 cm³/mol. The number of nitrogens with one attached hydrogen (secondary N) is 1. The average Bonchev–Trinajstić information content (AvgIpc) is 2.97. The summed E-state index contributed by atoms with van der Waals surface area (Å²) in [6, 6.07) is 11.5. The van der Waals surface area contributed by atoms with Gasteiger partial charge in [-0.05, 0) is 24.3 Å². The minimum atomic E-state index is 0.286. The second-order valence-corrected chi connectivity index (χ2v) is 5.15. The van der Waals surface area contributed by atoms with Crippen LogP contribution in [0.3, 0.4) is 0 Å². The lowest BCUT2D eigenvalue weighted by Gasteiger charge is -2.11. The maximum absolute atomic E-state index is 6.03. The van der Waals surface area contributed by atoms with Gasteiger partial charge in [-0.15, -0.1) is 0 Å². The number of methoxy groups -OCH3 is 1. The molecule has 1 heterocycles. The maximum atomic E-state index is 6.03. The van der Waals surface area contributed by atoms with E-state index in [1.54, 1.807) is 7.11 Å². The van der Waals surface area contributed by atoms with Crippen LogP contribution in [0.25, 0.3) is 0 Å². The summed E-state index contributed by atoms with van der Waals surface area (Å²) < 4.78 is 16.2. The fraction of sp³-hybridized carbons (Fsp3) is 0.250. The Morgan fingerprint density at radius 3 is 2.86 bits per heavy atom. The Labute approximate surface area is 128 Å². The predicted octanol–water partition coefficient (Wildman–Crippen LogP) is 3.37. The summed E-state index contributed by atoms with van der Waals surface area (Å²) in [5, 5.41) is 4.07. The van der Waals surface area contributed by atoms with E-state index in [0.29, 0.717) is 18.1 Å². The molecule has 0 amide bonds. The highest BCUT2D eigenvalue weighted by atomic mass is 35.5. The van der Waals surface area contributed by atoms with E-state index in [9.17, 15) is 0 Å². The van der Waals surface area contributed by atoms with Crippen LogP contribution in [0.4, 0.5) is 0 Å². The average molecular weight is 306 g/mol. The molecule has 3 rings (SSSR count). The molecule has 0 unspecified atom stereocenters. The van der Waals surface area contributed by atoms with E-state index in [1.165, 1.54) is 0 Å². The maximum Gasteiger partial charge on any atom is 0.231 e. The minimum Gasteiger partial charge on any atom is -0.496 e. The Kier molecular flexibility index (Phi) is 4.18. The van der Waals surface area contributed by atoms with Crippen LogP contribution >= 0.6 is 11.6 Å². The molecule has 1 aliphatic heterocycles. The number of ether oxygens (including phenoxy) is 3. The summed E-state index contributed by atoms with van der Waals surface area (Å²) >= 11 is 6.03. The minimum absolute atomic E-state index is 0.286. The molecule has 0 spiro atoms. The molecule has 1 aliphatic rings. The van der Waals surface area contributed by atoms with E-state index in [2.05, 4.69) is 5.32 Å². The molecule has 21 heavy (non-hydrogen) atoms. The van der Waals surface area contributed by atoms with Crippen molar-refractivity contribution in [3.05, 3.63) is 52.5 Å². The molecule has 110 valence electrons. The van der Waals surface area contributed by atoms with Crippen molar-refractivity contribution in [2.45, 2.75) is 13.1 Å². The molecule has 0 saturated heterocycles. The van der Waals surface area contributed by atoms with Crippen LogP contribution in [0, 0.1) is 0 Å². The van der Waals surface area contributed by atoms with Crippen LogP contribution in [0.1, 0.15) is 11.1 Å². The second kappa shape index (κ2) is 6.24. The van der Waals surface area contributed by atoms with E-state index < -0.39 is 0 Å². The Bertz CT molecular complexity index is 643. The van der Waals surface area contributed by atoms with Crippen molar-refractivity contribution >= 4 is 11.6 Å². The van der Waals surface area contributed by atoms with Gasteiger partial charge in [0.15, 0.2) is 11.5 Å². The molecule has 0 radical (unpaired) electrons. The summed E-state index contributed by atoms with van der Waals surface area (Å²) in [5.74, 6) is 2.45. The van der Waals surface area contributed by atoms with Crippen molar-refractivity contribution in [3.8, 4) is 17.2 Å². The van der Waals surface area contributed by atoms with Crippen molar-refractivity contribution in [2.75, 3.05) is 13.9 Å². The van der Waals surface area contributed by atoms with Crippen LogP contribution in [0.5, 0.6) is 17.2 Å². The summed E-state index contributed by atoms with van der Waals surface area (Å²) in [6.45, 7) is 1.63. The second-order valence-electron chi connectivity index (χ2n) is 4.71. The summed E-state index contributed by atoms with van der Waals surface area (Å²) in [4.78, 5) is 0. The van der Waals surface area contributed by atoms with Crippen LogP contribution in [0.2, 0.25) is 5.02 Å². The monoisotopic (exact) mass is 305 g/mol. The van der Waals surface area contributed by atoms with Gasteiger partial charge >= 0.3 is 0 Å². The molecule has 4 nitrogen and oxygen atoms in total. The molecule has 0 fully saturated rings.